The highest BCUT2D eigenvalue weighted by molar-refractivity contribution is 7.99. The fourth-order valence-electron chi connectivity index (χ4n) is 2.53. The molecule has 1 aromatic heterocycles. The van der Waals surface area contributed by atoms with Gasteiger partial charge in [0.2, 0.25) is 5.91 Å². The van der Waals surface area contributed by atoms with Crippen molar-refractivity contribution in [3.05, 3.63) is 74.7 Å². The number of hydrogen-bond donors (Lipinski definition) is 2. The van der Waals surface area contributed by atoms with Gasteiger partial charge in [-0.25, -0.2) is 0 Å². The monoisotopic (exact) mass is 430 g/mol. The smallest absolute Gasteiger partial charge is 0.273 e. The zero-order valence-corrected chi connectivity index (χ0v) is 17.4. The number of rotatable bonds is 7. The van der Waals surface area contributed by atoms with E-state index in [0.717, 1.165) is 28.6 Å². The molecule has 1 heterocycles. The molecule has 0 fully saturated rings. The second-order valence-electron chi connectivity index (χ2n) is 6.18. The zero-order valence-electron chi connectivity index (χ0n) is 15.9. The number of aromatic amines is 1. The summed E-state index contributed by atoms with van der Waals surface area (Å²) in [6, 6.07) is 12.7. The summed E-state index contributed by atoms with van der Waals surface area (Å²) in [7, 11) is 1.60. The van der Waals surface area contributed by atoms with Crippen LogP contribution in [0.25, 0.3) is 0 Å². The third-order valence-electron chi connectivity index (χ3n) is 4.16. The van der Waals surface area contributed by atoms with Crippen LogP contribution in [0.15, 0.2) is 52.4 Å². The summed E-state index contributed by atoms with van der Waals surface area (Å²) in [6.45, 7) is 1.83. The minimum absolute atomic E-state index is 0.0778. The maximum Gasteiger partial charge on any atom is 0.273 e. The fourth-order valence-corrected chi connectivity index (χ4v) is 3.30. The molecule has 2 aromatic carbocycles. The number of ether oxygens (including phenoxy) is 1. The fraction of sp³-hybridized carbons (Fsp3) is 0.200. The van der Waals surface area contributed by atoms with Gasteiger partial charge in [-0.05, 0) is 42.3 Å². The number of anilines is 1. The number of methoxy groups -OCH3 is 1. The predicted molar refractivity (Wildman–Crippen MR) is 114 cm³/mol. The number of carbonyl (C=O) groups is 1. The second-order valence-corrected chi connectivity index (χ2v) is 7.55. The van der Waals surface area contributed by atoms with E-state index in [1.807, 2.05) is 31.2 Å². The van der Waals surface area contributed by atoms with Crippen LogP contribution in [0.4, 0.5) is 5.69 Å². The van der Waals surface area contributed by atoms with E-state index in [1.165, 1.54) is 0 Å². The average molecular weight is 431 g/mol. The van der Waals surface area contributed by atoms with E-state index in [-0.39, 0.29) is 22.4 Å². The van der Waals surface area contributed by atoms with Gasteiger partial charge in [-0.3, -0.25) is 14.6 Å². The number of halogens is 1. The van der Waals surface area contributed by atoms with Gasteiger partial charge in [0.05, 0.1) is 12.9 Å². The first-order chi connectivity index (χ1) is 14.0. The van der Waals surface area contributed by atoms with Crippen LogP contribution in [-0.2, 0) is 11.2 Å². The number of H-pyrrole nitrogens is 1. The molecule has 0 aliphatic carbocycles. The van der Waals surface area contributed by atoms with Crippen LogP contribution in [0, 0.1) is 6.92 Å². The van der Waals surface area contributed by atoms with Crippen LogP contribution in [0.3, 0.4) is 0 Å². The predicted octanol–water partition coefficient (Wildman–Crippen LogP) is 3.46. The number of aromatic nitrogens is 3. The molecular formula is C20H19ClN4O3S. The third kappa shape index (κ3) is 5.58. The molecule has 3 aromatic rings. The summed E-state index contributed by atoms with van der Waals surface area (Å²) in [6.07, 6.45) is 0.353. The molecule has 0 aliphatic heterocycles. The van der Waals surface area contributed by atoms with Crippen molar-refractivity contribution in [2.45, 2.75) is 18.5 Å². The molecule has 0 bridgehead atoms. The summed E-state index contributed by atoms with van der Waals surface area (Å²) in [5.41, 5.74) is 2.34. The molecule has 7 nitrogen and oxygen atoms in total. The molecule has 0 atom stereocenters. The normalized spacial score (nSPS) is 10.6. The van der Waals surface area contributed by atoms with Crippen molar-refractivity contribution in [3.63, 3.8) is 0 Å². The van der Waals surface area contributed by atoms with Crippen molar-refractivity contribution in [2.75, 3.05) is 18.2 Å². The molecule has 0 saturated carbocycles. The summed E-state index contributed by atoms with van der Waals surface area (Å²) < 4.78 is 5.12. The zero-order chi connectivity index (χ0) is 20.8. The van der Waals surface area contributed by atoms with E-state index in [9.17, 15) is 9.59 Å². The Morgan fingerprint density at radius 1 is 1.21 bits per heavy atom. The molecule has 0 aliphatic rings. The highest BCUT2D eigenvalue weighted by atomic mass is 35.5. The van der Waals surface area contributed by atoms with Crippen LogP contribution in [-0.4, -0.2) is 34.0 Å². The van der Waals surface area contributed by atoms with Gasteiger partial charge in [0, 0.05) is 17.1 Å². The van der Waals surface area contributed by atoms with Crippen LogP contribution in [0.5, 0.6) is 5.75 Å². The third-order valence-corrected chi connectivity index (χ3v) is 5.43. The van der Waals surface area contributed by atoms with E-state index in [0.29, 0.717) is 22.8 Å². The number of nitrogens with one attached hydrogen (secondary N) is 2. The van der Waals surface area contributed by atoms with Gasteiger partial charge in [0.15, 0.2) is 5.16 Å². The van der Waals surface area contributed by atoms with Gasteiger partial charge in [-0.1, -0.05) is 41.6 Å². The first kappa shape index (κ1) is 20.9. The number of benzene rings is 2. The topological polar surface area (TPSA) is 97.0 Å². The molecule has 29 heavy (non-hydrogen) atoms. The standard InChI is InChI=1S/C20H19ClN4O3S/c1-12-15(21)4-3-5-16(12)22-18(26)11-29-20-23-19(27)17(24-25-20)10-13-6-8-14(28-2)9-7-13/h3-9H,10-11H2,1-2H3,(H,22,26)(H,23,25,27). The summed E-state index contributed by atoms with van der Waals surface area (Å²) in [5, 5.41) is 11.7. The lowest BCUT2D eigenvalue weighted by Gasteiger charge is -2.09. The maximum atomic E-state index is 12.3. The van der Waals surface area contributed by atoms with Crippen LogP contribution >= 0.6 is 23.4 Å². The van der Waals surface area contributed by atoms with Crippen LogP contribution in [0.2, 0.25) is 5.02 Å². The van der Waals surface area contributed by atoms with E-state index in [1.54, 1.807) is 25.3 Å². The first-order valence-electron chi connectivity index (χ1n) is 8.73. The Morgan fingerprint density at radius 3 is 2.66 bits per heavy atom. The Kier molecular flexibility index (Phi) is 6.90. The quantitative estimate of drug-likeness (QED) is 0.557. The Balaban J connectivity index is 1.59. The van der Waals surface area contributed by atoms with Gasteiger partial charge in [-0.2, -0.15) is 0 Å². The lowest BCUT2D eigenvalue weighted by Crippen LogP contribution is -2.19. The summed E-state index contributed by atoms with van der Waals surface area (Å²) >= 11 is 7.16. The highest BCUT2D eigenvalue weighted by Crippen LogP contribution is 2.23. The van der Waals surface area contributed by atoms with Crippen molar-refractivity contribution in [1.29, 1.82) is 0 Å². The van der Waals surface area contributed by atoms with Crippen molar-refractivity contribution >= 4 is 35.0 Å². The van der Waals surface area contributed by atoms with Gasteiger partial charge >= 0.3 is 0 Å². The van der Waals surface area contributed by atoms with Gasteiger partial charge in [0.25, 0.3) is 5.56 Å². The molecule has 0 unspecified atom stereocenters. The van der Waals surface area contributed by atoms with E-state index < -0.39 is 0 Å². The number of nitrogens with zero attached hydrogens (tertiary/aromatic N) is 2. The average Bonchev–Trinajstić information content (AvgIpc) is 2.72. The Morgan fingerprint density at radius 2 is 1.97 bits per heavy atom. The Hall–Kier alpha value is -2.84. The number of amides is 1. The minimum Gasteiger partial charge on any atom is -0.497 e. The minimum atomic E-state index is -0.329. The number of carbonyl (C=O) groups excluding carboxylic acids is 1. The SMILES string of the molecule is COc1ccc(Cc2nnc(SCC(=O)Nc3cccc(Cl)c3C)[nH]c2=O)cc1. The van der Waals surface area contributed by atoms with Gasteiger partial charge in [-0.15, -0.1) is 10.2 Å². The van der Waals surface area contributed by atoms with E-state index >= 15 is 0 Å². The number of hydrogen-bond acceptors (Lipinski definition) is 6. The lowest BCUT2D eigenvalue weighted by atomic mass is 10.1. The van der Waals surface area contributed by atoms with Crippen molar-refractivity contribution in [3.8, 4) is 5.75 Å². The molecule has 9 heteroatoms. The Bertz CT molecular complexity index is 1070. The maximum absolute atomic E-state index is 12.3. The van der Waals surface area contributed by atoms with Gasteiger partial charge in [0.1, 0.15) is 11.4 Å². The molecule has 0 radical (unpaired) electrons. The molecule has 3 rings (SSSR count). The highest BCUT2D eigenvalue weighted by Gasteiger charge is 2.11. The van der Waals surface area contributed by atoms with Crippen molar-refractivity contribution in [1.82, 2.24) is 15.2 Å². The molecule has 0 spiro atoms. The molecule has 150 valence electrons. The van der Waals surface area contributed by atoms with E-state index in [2.05, 4.69) is 20.5 Å². The second kappa shape index (κ2) is 9.58. The first-order valence-corrected chi connectivity index (χ1v) is 10.1. The van der Waals surface area contributed by atoms with Crippen molar-refractivity contribution < 1.29 is 9.53 Å². The van der Waals surface area contributed by atoms with Gasteiger partial charge < -0.3 is 10.1 Å². The largest absolute Gasteiger partial charge is 0.497 e. The molecule has 0 saturated heterocycles. The summed E-state index contributed by atoms with van der Waals surface area (Å²) in [5.74, 6) is 0.589. The lowest BCUT2D eigenvalue weighted by molar-refractivity contribution is -0.113. The number of thioether (sulfide) groups is 1. The van der Waals surface area contributed by atoms with E-state index in [4.69, 9.17) is 16.3 Å². The molecular weight excluding hydrogens is 412 g/mol. The molecule has 2 N–H and O–H groups in total. The van der Waals surface area contributed by atoms with Crippen LogP contribution in [0.1, 0.15) is 16.8 Å². The van der Waals surface area contributed by atoms with Crippen molar-refractivity contribution in [2.24, 2.45) is 0 Å². The molecule has 1 amide bonds. The Labute approximate surface area is 176 Å². The van der Waals surface area contributed by atoms with Crippen LogP contribution < -0.4 is 15.6 Å². The summed E-state index contributed by atoms with van der Waals surface area (Å²) in [4.78, 5) is 27.1.